The van der Waals surface area contributed by atoms with Crippen LogP contribution in [0.3, 0.4) is 0 Å². The molecule has 7 nitrogen and oxygen atoms in total. The van der Waals surface area contributed by atoms with Crippen molar-refractivity contribution in [1.82, 2.24) is 9.88 Å². The highest BCUT2D eigenvalue weighted by Gasteiger charge is 2.36. The molecule has 4 atom stereocenters. The molecule has 0 saturated carbocycles. The van der Waals surface area contributed by atoms with Crippen LogP contribution in [0.2, 0.25) is 0 Å². The molecule has 1 aromatic heterocycles. The summed E-state index contributed by atoms with van der Waals surface area (Å²) in [6, 6.07) is 8.38. The van der Waals surface area contributed by atoms with E-state index in [2.05, 4.69) is 24.4 Å². The maximum absolute atomic E-state index is 14.3. The number of benzene rings is 1. The molecule has 0 aliphatic carbocycles. The molecule has 3 aliphatic heterocycles. The highest BCUT2D eigenvalue weighted by Crippen LogP contribution is 2.36. The molecular weight excluding hydrogens is 485 g/mol. The van der Waals surface area contributed by atoms with E-state index < -0.39 is 17.8 Å². The first-order valence-corrected chi connectivity index (χ1v) is 14.2. The van der Waals surface area contributed by atoms with Crippen molar-refractivity contribution in [1.29, 1.82) is 0 Å². The summed E-state index contributed by atoms with van der Waals surface area (Å²) in [5, 5.41) is 13.7. The lowest BCUT2D eigenvalue weighted by Gasteiger charge is -2.30. The number of rotatable bonds is 10. The second-order valence-corrected chi connectivity index (χ2v) is 11.0. The van der Waals surface area contributed by atoms with E-state index >= 15 is 0 Å². The van der Waals surface area contributed by atoms with Gasteiger partial charge in [0.2, 0.25) is 0 Å². The van der Waals surface area contributed by atoms with Gasteiger partial charge in [0, 0.05) is 38.0 Å². The molecule has 4 heterocycles. The van der Waals surface area contributed by atoms with Crippen molar-refractivity contribution >= 4 is 11.8 Å². The van der Waals surface area contributed by atoms with Crippen LogP contribution in [-0.4, -0.2) is 59.4 Å². The van der Waals surface area contributed by atoms with Crippen LogP contribution in [0.15, 0.2) is 30.3 Å². The summed E-state index contributed by atoms with van der Waals surface area (Å²) in [5.74, 6) is -0.348. The van der Waals surface area contributed by atoms with E-state index in [1.54, 1.807) is 6.07 Å². The first kappa shape index (κ1) is 27.0. The maximum atomic E-state index is 14.3. The fraction of sp³-hybridized carbons (Fsp3) is 0.600. The van der Waals surface area contributed by atoms with Crippen LogP contribution in [0.1, 0.15) is 86.4 Å². The summed E-state index contributed by atoms with van der Waals surface area (Å²) in [7, 11) is 0. The van der Waals surface area contributed by atoms with Gasteiger partial charge in [0.05, 0.1) is 12.2 Å². The number of hydrogen-bond acceptors (Lipinski definition) is 6. The Morgan fingerprint density at radius 3 is 2.95 bits per heavy atom. The Morgan fingerprint density at radius 1 is 1.24 bits per heavy atom. The summed E-state index contributed by atoms with van der Waals surface area (Å²) in [6.45, 7) is 4.61. The molecule has 206 valence electrons. The molecular formula is C30H40FN3O4. The van der Waals surface area contributed by atoms with Crippen LogP contribution < -0.4 is 5.32 Å². The molecule has 38 heavy (non-hydrogen) atoms. The van der Waals surface area contributed by atoms with Gasteiger partial charge >= 0.3 is 5.97 Å². The van der Waals surface area contributed by atoms with E-state index in [1.165, 1.54) is 17.7 Å². The maximum Gasteiger partial charge on any atom is 0.325 e. The molecule has 0 radical (unpaired) electrons. The number of hydrogen-bond donors (Lipinski definition) is 2. The number of nitrogens with one attached hydrogen (secondary N) is 1. The number of carboxylic acids is 1. The van der Waals surface area contributed by atoms with Crippen molar-refractivity contribution in [2.45, 2.75) is 89.0 Å². The van der Waals surface area contributed by atoms with Crippen molar-refractivity contribution in [2.75, 3.05) is 31.6 Å². The van der Waals surface area contributed by atoms with Gasteiger partial charge in [0.15, 0.2) is 0 Å². The predicted molar refractivity (Wildman–Crippen MR) is 144 cm³/mol. The van der Waals surface area contributed by atoms with Crippen molar-refractivity contribution in [2.24, 2.45) is 0 Å². The molecule has 8 heteroatoms. The Hall–Kier alpha value is -2.55. The minimum absolute atomic E-state index is 0.0210. The number of carboxylic acid groups (broad SMARTS) is 1. The Bertz CT molecular complexity index is 1110. The third-order valence-corrected chi connectivity index (χ3v) is 8.09. The van der Waals surface area contributed by atoms with Crippen LogP contribution in [0.4, 0.5) is 10.2 Å². The van der Waals surface area contributed by atoms with E-state index in [0.29, 0.717) is 37.9 Å². The van der Waals surface area contributed by atoms with Gasteiger partial charge in [-0.2, -0.15) is 0 Å². The highest BCUT2D eigenvalue weighted by atomic mass is 19.1. The zero-order chi connectivity index (χ0) is 26.5. The summed E-state index contributed by atoms with van der Waals surface area (Å²) in [4.78, 5) is 19.2. The number of anilines is 1. The van der Waals surface area contributed by atoms with Crippen LogP contribution in [0.5, 0.6) is 0 Å². The lowest BCUT2D eigenvalue weighted by atomic mass is 9.92. The number of carbonyl (C=O) groups is 1. The number of halogens is 1. The number of fused-ring (bicyclic) bond motifs is 1. The number of unbranched alkanes of at least 4 members (excludes halogenated alkanes) is 1. The quantitative estimate of drug-likeness (QED) is 0.399. The molecule has 2 aromatic rings. The molecule has 2 saturated heterocycles. The standard InChI is InChI=1S/C30H40FN3O4/c1-20-8-9-21-10-12-23(33-29(21)32-20)6-2-4-16-37-24-14-15-34(19-24)28(30(35)36)26-18-22(31)11-13-25(26)27-7-3-5-17-38-27/h10-13,18,20,24,27-28H,2-9,14-17,19H2,1H3,(H,32,33)(H,35,36)/t20-,24+,27-,28+/m0/s1. The van der Waals surface area contributed by atoms with Crippen molar-refractivity contribution < 1.29 is 23.8 Å². The number of aryl methyl sites for hydroxylation is 2. The average Bonchev–Trinajstić information content (AvgIpc) is 3.37. The van der Waals surface area contributed by atoms with Crippen molar-refractivity contribution in [3.8, 4) is 0 Å². The Labute approximate surface area is 224 Å². The minimum Gasteiger partial charge on any atom is -0.480 e. The monoisotopic (exact) mass is 525 g/mol. The minimum atomic E-state index is -0.963. The van der Waals surface area contributed by atoms with Gasteiger partial charge in [-0.05, 0) is 99.6 Å². The molecule has 1 aromatic carbocycles. The first-order valence-electron chi connectivity index (χ1n) is 14.2. The average molecular weight is 526 g/mol. The third-order valence-electron chi connectivity index (χ3n) is 8.09. The Morgan fingerprint density at radius 2 is 2.13 bits per heavy atom. The largest absolute Gasteiger partial charge is 0.480 e. The molecule has 2 N–H and O–H groups in total. The third kappa shape index (κ3) is 6.53. The van der Waals surface area contributed by atoms with Crippen molar-refractivity contribution in [3.05, 3.63) is 58.5 Å². The molecule has 0 amide bonds. The first-order chi connectivity index (χ1) is 18.5. The Balaban J connectivity index is 1.13. The van der Waals surface area contributed by atoms with E-state index in [-0.39, 0.29) is 12.2 Å². The molecule has 0 unspecified atom stereocenters. The number of nitrogens with zero attached hydrogens (tertiary/aromatic N) is 2. The van der Waals surface area contributed by atoms with Crippen LogP contribution in [0.25, 0.3) is 0 Å². The number of pyridine rings is 1. The van der Waals surface area contributed by atoms with Crippen LogP contribution >= 0.6 is 0 Å². The van der Waals surface area contributed by atoms with E-state index in [0.717, 1.165) is 74.9 Å². The molecule has 5 rings (SSSR count). The lowest BCUT2D eigenvalue weighted by Crippen LogP contribution is -2.34. The van der Waals surface area contributed by atoms with E-state index in [4.69, 9.17) is 14.5 Å². The summed E-state index contributed by atoms with van der Waals surface area (Å²) in [5.41, 5.74) is 3.71. The van der Waals surface area contributed by atoms with Gasteiger partial charge in [-0.1, -0.05) is 12.1 Å². The van der Waals surface area contributed by atoms with Gasteiger partial charge in [0.25, 0.3) is 0 Å². The van der Waals surface area contributed by atoms with E-state index in [9.17, 15) is 14.3 Å². The fourth-order valence-electron chi connectivity index (χ4n) is 6.00. The van der Waals surface area contributed by atoms with Crippen LogP contribution in [-0.2, 0) is 27.1 Å². The van der Waals surface area contributed by atoms with Gasteiger partial charge in [-0.15, -0.1) is 0 Å². The SMILES string of the molecule is C[C@H]1CCc2ccc(CCCCO[C@@H]3CCN([C@@H](C(=O)O)c4cc(F)ccc4[C@@H]4CCCCO4)C3)nc2N1. The van der Waals surface area contributed by atoms with Crippen molar-refractivity contribution in [3.63, 3.8) is 0 Å². The fourth-order valence-corrected chi connectivity index (χ4v) is 6.00. The smallest absolute Gasteiger partial charge is 0.325 e. The van der Waals surface area contributed by atoms with Gasteiger partial charge in [-0.3, -0.25) is 9.69 Å². The summed E-state index contributed by atoms with van der Waals surface area (Å²) >= 11 is 0. The summed E-state index contributed by atoms with van der Waals surface area (Å²) in [6.07, 6.45) is 8.48. The van der Waals surface area contributed by atoms with Crippen LogP contribution in [0, 0.1) is 5.82 Å². The van der Waals surface area contributed by atoms with Gasteiger partial charge in [-0.25, -0.2) is 9.37 Å². The Kier molecular flexibility index (Phi) is 8.92. The number of ether oxygens (including phenoxy) is 2. The number of aliphatic carboxylic acids is 1. The second kappa shape index (κ2) is 12.5. The zero-order valence-electron chi connectivity index (χ0n) is 22.3. The van der Waals surface area contributed by atoms with E-state index in [1.807, 2.05) is 4.90 Å². The second-order valence-electron chi connectivity index (χ2n) is 11.0. The molecule has 0 spiro atoms. The molecule has 0 bridgehead atoms. The number of likely N-dealkylation sites (tertiary alicyclic amines) is 1. The molecule has 3 aliphatic rings. The lowest BCUT2D eigenvalue weighted by molar-refractivity contribution is -0.143. The van der Waals surface area contributed by atoms with Gasteiger partial charge < -0.3 is 19.9 Å². The number of aromatic nitrogens is 1. The molecule has 2 fully saturated rings. The predicted octanol–water partition coefficient (Wildman–Crippen LogP) is 5.45. The zero-order valence-corrected chi connectivity index (χ0v) is 22.3. The normalized spacial score (nSPS) is 24.5. The highest BCUT2D eigenvalue weighted by molar-refractivity contribution is 5.76. The topological polar surface area (TPSA) is 83.9 Å². The van der Waals surface area contributed by atoms with Gasteiger partial charge in [0.1, 0.15) is 17.7 Å². The summed E-state index contributed by atoms with van der Waals surface area (Å²) < 4.78 is 26.4.